The number of aryl methyl sites for hydroxylation is 2. The molecular formula is C13H18O2. The first-order valence-electron chi connectivity index (χ1n) is 5.27. The molecule has 2 nitrogen and oxygen atoms in total. The van der Waals surface area contributed by atoms with Crippen molar-refractivity contribution in [2.75, 3.05) is 6.61 Å². The Morgan fingerprint density at radius 2 is 1.73 bits per heavy atom. The molecule has 0 unspecified atom stereocenters. The van der Waals surface area contributed by atoms with Crippen LogP contribution >= 0.6 is 0 Å². The van der Waals surface area contributed by atoms with Gasteiger partial charge in [-0.1, -0.05) is 12.1 Å². The van der Waals surface area contributed by atoms with Gasteiger partial charge in [0.25, 0.3) is 0 Å². The van der Waals surface area contributed by atoms with Crippen molar-refractivity contribution in [3.05, 3.63) is 34.4 Å². The van der Waals surface area contributed by atoms with Crippen LogP contribution in [0.2, 0.25) is 0 Å². The summed E-state index contributed by atoms with van der Waals surface area (Å²) in [5.74, 6) is -0.153. The third kappa shape index (κ3) is 3.08. The van der Waals surface area contributed by atoms with E-state index in [4.69, 9.17) is 4.74 Å². The number of carbonyl (C=O) groups is 1. The standard InChI is InChI=1S/C13H18O2/c1-5-15-13(14)8-12-6-9(2)11(4)10(3)7-12/h6-7H,5,8H2,1-4H3. The summed E-state index contributed by atoms with van der Waals surface area (Å²) in [5.41, 5.74) is 4.79. The van der Waals surface area contributed by atoms with Crippen molar-refractivity contribution in [3.63, 3.8) is 0 Å². The number of benzene rings is 1. The SMILES string of the molecule is CCOC(=O)Cc1cc(C)c(C)c(C)c1. The van der Waals surface area contributed by atoms with Gasteiger partial charge in [-0.2, -0.15) is 0 Å². The number of hydrogen-bond donors (Lipinski definition) is 0. The van der Waals surface area contributed by atoms with Crippen LogP contribution in [0, 0.1) is 20.8 Å². The molecule has 0 bridgehead atoms. The number of esters is 1. The molecule has 0 N–H and O–H groups in total. The van der Waals surface area contributed by atoms with E-state index < -0.39 is 0 Å². The van der Waals surface area contributed by atoms with Crippen LogP contribution in [0.5, 0.6) is 0 Å². The van der Waals surface area contributed by atoms with Crippen LogP contribution in [-0.2, 0) is 16.0 Å². The summed E-state index contributed by atoms with van der Waals surface area (Å²) in [4.78, 5) is 11.3. The zero-order valence-electron chi connectivity index (χ0n) is 9.89. The van der Waals surface area contributed by atoms with E-state index in [0.29, 0.717) is 13.0 Å². The van der Waals surface area contributed by atoms with Gasteiger partial charge in [0.1, 0.15) is 0 Å². The van der Waals surface area contributed by atoms with Crippen molar-refractivity contribution in [3.8, 4) is 0 Å². The summed E-state index contributed by atoms with van der Waals surface area (Å²) in [6, 6.07) is 4.11. The Kier molecular flexibility index (Phi) is 3.89. The highest BCUT2D eigenvalue weighted by atomic mass is 16.5. The van der Waals surface area contributed by atoms with Crippen LogP contribution in [0.1, 0.15) is 29.2 Å². The van der Waals surface area contributed by atoms with E-state index in [1.807, 2.05) is 6.92 Å². The van der Waals surface area contributed by atoms with Crippen LogP contribution in [0.3, 0.4) is 0 Å². The minimum Gasteiger partial charge on any atom is -0.466 e. The Bertz CT molecular complexity index is 344. The molecule has 0 aliphatic carbocycles. The molecule has 0 aromatic heterocycles. The van der Waals surface area contributed by atoms with Crippen LogP contribution in [0.25, 0.3) is 0 Å². The van der Waals surface area contributed by atoms with Gasteiger partial charge in [-0.25, -0.2) is 0 Å². The molecule has 1 aromatic rings. The van der Waals surface area contributed by atoms with E-state index in [1.165, 1.54) is 16.7 Å². The fourth-order valence-electron chi connectivity index (χ4n) is 1.61. The summed E-state index contributed by atoms with van der Waals surface area (Å²) in [6.45, 7) is 8.50. The summed E-state index contributed by atoms with van der Waals surface area (Å²) in [5, 5.41) is 0. The second kappa shape index (κ2) is 4.96. The zero-order chi connectivity index (χ0) is 11.4. The van der Waals surface area contributed by atoms with E-state index in [9.17, 15) is 4.79 Å². The molecule has 0 atom stereocenters. The van der Waals surface area contributed by atoms with Gasteiger partial charge in [0.2, 0.25) is 0 Å². The largest absolute Gasteiger partial charge is 0.466 e. The van der Waals surface area contributed by atoms with Gasteiger partial charge in [0, 0.05) is 0 Å². The first kappa shape index (κ1) is 11.8. The number of hydrogen-bond acceptors (Lipinski definition) is 2. The van der Waals surface area contributed by atoms with E-state index in [0.717, 1.165) is 5.56 Å². The number of ether oxygens (including phenoxy) is 1. The summed E-state index contributed by atoms with van der Waals surface area (Å²) < 4.78 is 4.92. The Hall–Kier alpha value is -1.31. The smallest absolute Gasteiger partial charge is 0.310 e. The maximum atomic E-state index is 11.3. The molecule has 0 fully saturated rings. The first-order chi connectivity index (χ1) is 7.04. The Morgan fingerprint density at radius 1 is 1.20 bits per heavy atom. The third-order valence-electron chi connectivity index (χ3n) is 2.64. The van der Waals surface area contributed by atoms with Gasteiger partial charge in [-0.15, -0.1) is 0 Å². The van der Waals surface area contributed by atoms with E-state index >= 15 is 0 Å². The predicted octanol–water partition coefficient (Wildman–Crippen LogP) is 2.72. The molecule has 0 radical (unpaired) electrons. The molecule has 0 aliphatic rings. The zero-order valence-corrected chi connectivity index (χ0v) is 9.89. The van der Waals surface area contributed by atoms with Crippen molar-refractivity contribution in [1.29, 1.82) is 0 Å². The van der Waals surface area contributed by atoms with Gasteiger partial charge in [-0.3, -0.25) is 4.79 Å². The Labute approximate surface area is 91.3 Å². The molecule has 1 aromatic carbocycles. The van der Waals surface area contributed by atoms with Crippen molar-refractivity contribution in [2.24, 2.45) is 0 Å². The van der Waals surface area contributed by atoms with Gasteiger partial charge < -0.3 is 4.74 Å². The molecule has 0 saturated carbocycles. The summed E-state index contributed by atoms with van der Waals surface area (Å²) in [7, 11) is 0. The Balaban J connectivity index is 2.83. The minimum atomic E-state index is -0.153. The van der Waals surface area contributed by atoms with Crippen molar-refractivity contribution in [1.82, 2.24) is 0 Å². The second-order valence-electron chi connectivity index (χ2n) is 3.84. The molecule has 1 rings (SSSR count). The van der Waals surface area contributed by atoms with Gasteiger partial charge in [-0.05, 0) is 49.9 Å². The average molecular weight is 206 g/mol. The molecule has 0 heterocycles. The second-order valence-corrected chi connectivity index (χ2v) is 3.84. The maximum absolute atomic E-state index is 11.3. The fourth-order valence-corrected chi connectivity index (χ4v) is 1.61. The van der Waals surface area contributed by atoms with E-state index in [2.05, 4.69) is 32.9 Å². The number of carbonyl (C=O) groups excluding carboxylic acids is 1. The molecule has 82 valence electrons. The minimum absolute atomic E-state index is 0.153. The first-order valence-corrected chi connectivity index (χ1v) is 5.27. The van der Waals surface area contributed by atoms with E-state index in [1.54, 1.807) is 0 Å². The Morgan fingerprint density at radius 3 is 2.20 bits per heavy atom. The van der Waals surface area contributed by atoms with Crippen molar-refractivity contribution < 1.29 is 9.53 Å². The molecule has 15 heavy (non-hydrogen) atoms. The third-order valence-corrected chi connectivity index (χ3v) is 2.64. The lowest BCUT2D eigenvalue weighted by Crippen LogP contribution is -2.08. The van der Waals surface area contributed by atoms with Crippen LogP contribution in [0.4, 0.5) is 0 Å². The lowest BCUT2D eigenvalue weighted by atomic mass is 9.99. The molecule has 2 heteroatoms. The van der Waals surface area contributed by atoms with Crippen molar-refractivity contribution >= 4 is 5.97 Å². The molecule has 0 amide bonds. The van der Waals surface area contributed by atoms with Crippen LogP contribution in [0.15, 0.2) is 12.1 Å². The highest BCUT2D eigenvalue weighted by Crippen LogP contribution is 2.16. The average Bonchev–Trinajstić information content (AvgIpc) is 2.14. The quantitative estimate of drug-likeness (QED) is 0.711. The lowest BCUT2D eigenvalue weighted by Gasteiger charge is -2.08. The van der Waals surface area contributed by atoms with Gasteiger partial charge >= 0.3 is 5.97 Å². The number of rotatable bonds is 3. The fraction of sp³-hybridized carbons (Fsp3) is 0.462. The van der Waals surface area contributed by atoms with E-state index in [-0.39, 0.29) is 5.97 Å². The predicted molar refractivity (Wildman–Crippen MR) is 61.0 cm³/mol. The molecule has 0 spiro atoms. The monoisotopic (exact) mass is 206 g/mol. The van der Waals surface area contributed by atoms with Gasteiger partial charge in [0.05, 0.1) is 13.0 Å². The lowest BCUT2D eigenvalue weighted by molar-refractivity contribution is -0.142. The highest BCUT2D eigenvalue weighted by molar-refractivity contribution is 5.72. The molecular weight excluding hydrogens is 188 g/mol. The maximum Gasteiger partial charge on any atom is 0.310 e. The summed E-state index contributed by atoms with van der Waals surface area (Å²) in [6.07, 6.45) is 0.371. The molecule has 0 aliphatic heterocycles. The molecule has 0 saturated heterocycles. The van der Waals surface area contributed by atoms with Crippen LogP contribution < -0.4 is 0 Å². The van der Waals surface area contributed by atoms with Crippen molar-refractivity contribution in [2.45, 2.75) is 34.1 Å². The topological polar surface area (TPSA) is 26.3 Å². The normalized spacial score (nSPS) is 10.1. The highest BCUT2D eigenvalue weighted by Gasteiger charge is 2.06. The van der Waals surface area contributed by atoms with Crippen LogP contribution in [-0.4, -0.2) is 12.6 Å². The summed E-state index contributed by atoms with van der Waals surface area (Å²) >= 11 is 0. The van der Waals surface area contributed by atoms with Gasteiger partial charge in [0.15, 0.2) is 0 Å².